The number of nitrogens with one attached hydrogen (secondary N) is 1. The molecule has 0 bridgehead atoms. The minimum Gasteiger partial charge on any atom is -0.478 e. The van der Waals surface area contributed by atoms with Gasteiger partial charge in [0.15, 0.2) is 18.1 Å². The maximum atomic E-state index is 12.3. The smallest absolute Gasteiger partial charge is 0.310 e. The first kappa shape index (κ1) is 20.1. The van der Waals surface area contributed by atoms with Crippen molar-refractivity contribution in [3.8, 4) is 5.75 Å². The third-order valence-corrected chi connectivity index (χ3v) is 3.82. The maximum absolute atomic E-state index is 12.3. The van der Waals surface area contributed by atoms with Gasteiger partial charge in [-0.05, 0) is 42.8 Å². The Balaban J connectivity index is 2.04. The molecule has 0 aliphatic carbocycles. The highest BCUT2D eigenvalue weighted by molar-refractivity contribution is 5.98. The highest BCUT2D eigenvalue weighted by Gasteiger charge is 2.21. The molecule has 0 saturated carbocycles. The second-order valence-corrected chi connectivity index (χ2v) is 7.22. The van der Waals surface area contributed by atoms with Crippen molar-refractivity contribution < 1.29 is 19.2 Å². The third-order valence-electron chi connectivity index (χ3n) is 3.82. The van der Waals surface area contributed by atoms with Gasteiger partial charge in [-0.25, -0.2) is 0 Å². The summed E-state index contributed by atoms with van der Waals surface area (Å²) in [5.41, 5.74) is 1.06. The van der Waals surface area contributed by atoms with Crippen LogP contribution in [0.25, 0.3) is 0 Å². The number of nitro benzene ring substituents is 1. The van der Waals surface area contributed by atoms with Crippen molar-refractivity contribution in [2.24, 2.45) is 5.41 Å². The topological polar surface area (TPSA) is 98.5 Å². The number of carbonyl (C=O) groups excluding carboxylic acids is 2. The van der Waals surface area contributed by atoms with E-state index in [2.05, 4.69) is 5.32 Å². The standard InChI is InChI=1S/C20H22N2O5/c1-13-5-10-16(22(25)26)18(11-13)27-12-17(23)14-6-8-15(9-7-14)21-19(24)20(2,3)4/h5-11H,12H2,1-4H3,(H,21,24). The Labute approximate surface area is 157 Å². The van der Waals surface area contributed by atoms with E-state index in [0.29, 0.717) is 11.3 Å². The second kappa shape index (κ2) is 7.99. The molecule has 0 spiro atoms. The number of ether oxygens (including phenoxy) is 1. The number of Topliss-reactive ketones (excluding diaryl/α,β-unsaturated/α-hetero) is 1. The largest absolute Gasteiger partial charge is 0.478 e. The van der Waals surface area contributed by atoms with Crippen LogP contribution in [0.1, 0.15) is 36.7 Å². The summed E-state index contributed by atoms with van der Waals surface area (Å²) in [7, 11) is 0. The fourth-order valence-corrected chi connectivity index (χ4v) is 2.17. The predicted molar refractivity (Wildman–Crippen MR) is 102 cm³/mol. The summed E-state index contributed by atoms with van der Waals surface area (Å²) in [4.78, 5) is 34.8. The number of carbonyl (C=O) groups is 2. The van der Waals surface area contributed by atoms with E-state index < -0.39 is 10.3 Å². The van der Waals surface area contributed by atoms with Gasteiger partial charge in [0.2, 0.25) is 5.91 Å². The first-order valence-corrected chi connectivity index (χ1v) is 8.40. The summed E-state index contributed by atoms with van der Waals surface area (Å²) >= 11 is 0. The molecule has 2 rings (SSSR count). The summed E-state index contributed by atoms with van der Waals surface area (Å²) in [6.07, 6.45) is 0. The SMILES string of the molecule is Cc1ccc([N+](=O)[O-])c(OCC(=O)c2ccc(NC(=O)C(C)(C)C)cc2)c1. The Morgan fingerprint density at radius 2 is 1.74 bits per heavy atom. The number of rotatable bonds is 6. The number of hydrogen-bond acceptors (Lipinski definition) is 5. The molecule has 2 aromatic rings. The molecule has 0 aromatic heterocycles. The van der Waals surface area contributed by atoms with Crippen molar-refractivity contribution in [3.05, 3.63) is 63.7 Å². The Morgan fingerprint density at radius 1 is 1.11 bits per heavy atom. The molecule has 0 atom stereocenters. The van der Waals surface area contributed by atoms with Crippen LogP contribution in [0.15, 0.2) is 42.5 Å². The lowest BCUT2D eigenvalue weighted by molar-refractivity contribution is -0.385. The van der Waals surface area contributed by atoms with Gasteiger partial charge in [0.05, 0.1) is 4.92 Å². The highest BCUT2D eigenvalue weighted by Crippen LogP contribution is 2.28. The van der Waals surface area contributed by atoms with Crippen LogP contribution in [0.5, 0.6) is 5.75 Å². The van der Waals surface area contributed by atoms with Gasteiger partial charge in [0.1, 0.15) is 0 Å². The van der Waals surface area contributed by atoms with Crippen molar-refractivity contribution in [2.75, 3.05) is 11.9 Å². The zero-order valence-corrected chi connectivity index (χ0v) is 15.7. The van der Waals surface area contributed by atoms with Gasteiger partial charge in [0, 0.05) is 22.7 Å². The maximum Gasteiger partial charge on any atom is 0.310 e. The fraction of sp³-hybridized carbons (Fsp3) is 0.300. The number of anilines is 1. The van der Waals surface area contributed by atoms with Gasteiger partial charge in [-0.15, -0.1) is 0 Å². The highest BCUT2D eigenvalue weighted by atomic mass is 16.6. The second-order valence-electron chi connectivity index (χ2n) is 7.22. The molecule has 0 unspecified atom stereocenters. The summed E-state index contributed by atoms with van der Waals surface area (Å²) in [6.45, 7) is 6.88. The quantitative estimate of drug-likeness (QED) is 0.468. The molecule has 2 aromatic carbocycles. The van der Waals surface area contributed by atoms with Crippen LogP contribution in [0.4, 0.5) is 11.4 Å². The van der Waals surface area contributed by atoms with Crippen molar-refractivity contribution in [3.63, 3.8) is 0 Å². The molecule has 1 amide bonds. The van der Waals surface area contributed by atoms with Crippen molar-refractivity contribution in [1.29, 1.82) is 0 Å². The Hall–Kier alpha value is -3.22. The van der Waals surface area contributed by atoms with Crippen LogP contribution in [-0.2, 0) is 4.79 Å². The minimum absolute atomic E-state index is 0.0578. The Morgan fingerprint density at radius 3 is 2.30 bits per heavy atom. The molecule has 27 heavy (non-hydrogen) atoms. The molecular formula is C20H22N2O5. The van der Waals surface area contributed by atoms with E-state index in [1.165, 1.54) is 12.1 Å². The van der Waals surface area contributed by atoms with Gasteiger partial charge in [-0.1, -0.05) is 26.8 Å². The van der Waals surface area contributed by atoms with Gasteiger partial charge in [-0.2, -0.15) is 0 Å². The average molecular weight is 370 g/mol. The average Bonchev–Trinajstić information content (AvgIpc) is 2.59. The monoisotopic (exact) mass is 370 g/mol. The molecule has 7 heteroatoms. The lowest BCUT2D eigenvalue weighted by atomic mass is 9.95. The zero-order valence-electron chi connectivity index (χ0n) is 15.7. The molecule has 7 nitrogen and oxygen atoms in total. The number of hydrogen-bond donors (Lipinski definition) is 1. The lowest BCUT2D eigenvalue weighted by Crippen LogP contribution is -2.27. The Kier molecular flexibility index (Phi) is 5.95. The Bertz CT molecular complexity index is 867. The van der Waals surface area contributed by atoms with E-state index in [4.69, 9.17) is 4.74 Å². The zero-order chi connectivity index (χ0) is 20.2. The summed E-state index contributed by atoms with van der Waals surface area (Å²) in [6, 6.07) is 10.9. The van der Waals surface area contributed by atoms with Gasteiger partial charge in [-0.3, -0.25) is 19.7 Å². The summed E-state index contributed by atoms with van der Waals surface area (Å²) in [5, 5.41) is 13.8. The molecule has 1 N–H and O–H groups in total. The first-order chi connectivity index (χ1) is 12.6. The number of nitrogens with zero attached hydrogens (tertiary/aromatic N) is 1. The molecule has 142 valence electrons. The van der Waals surface area contributed by atoms with Gasteiger partial charge < -0.3 is 10.1 Å². The van der Waals surface area contributed by atoms with Crippen molar-refractivity contribution in [2.45, 2.75) is 27.7 Å². The van der Waals surface area contributed by atoms with Crippen molar-refractivity contribution >= 4 is 23.1 Å². The van der Waals surface area contributed by atoms with Crippen molar-refractivity contribution in [1.82, 2.24) is 0 Å². The van der Waals surface area contributed by atoms with E-state index in [9.17, 15) is 19.7 Å². The van der Waals surface area contributed by atoms with Crippen LogP contribution in [-0.4, -0.2) is 23.2 Å². The fourth-order valence-electron chi connectivity index (χ4n) is 2.17. The lowest BCUT2D eigenvalue weighted by Gasteiger charge is -2.17. The molecule has 0 fully saturated rings. The number of aryl methyl sites for hydroxylation is 1. The molecule has 0 aliphatic heterocycles. The van der Waals surface area contributed by atoms with Crippen LogP contribution in [0.3, 0.4) is 0 Å². The predicted octanol–water partition coefficient (Wildman–Crippen LogP) is 4.15. The van der Waals surface area contributed by atoms with Crippen LogP contribution < -0.4 is 10.1 Å². The molecule has 0 saturated heterocycles. The number of ketones is 1. The number of benzene rings is 2. The normalized spacial score (nSPS) is 11.0. The van der Waals surface area contributed by atoms with E-state index in [0.717, 1.165) is 5.56 Å². The van der Waals surface area contributed by atoms with E-state index in [-0.39, 0.29) is 29.7 Å². The first-order valence-electron chi connectivity index (χ1n) is 8.40. The van der Waals surface area contributed by atoms with Crippen LogP contribution in [0.2, 0.25) is 0 Å². The molecular weight excluding hydrogens is 348 g/mol. The van der Waals surface area contributed by atoms with E-state index >= 15 is 0 Å². The summed E-state index contributed by atoms with van der Waals surface area (Å²) in [5.74, 6) is -0.390. The molecule has 0 aliphatic rings. The molecule has 0 radical (unpaired) electrons. The van der Waals surface area contributed by atoms with E-state index in [1.54, 1.807) is 37.3 Å². The van der Waals surface area contributed by atoms with Crippen LogP contribution >= 0.6 is 0 Å². The van der Waals surface area contributed by atoms with E-state index in [1.807, 2.05) is 20.8 Å². The number of amides is 1. The summed E-state index contributed by atoms with van der Waals surface area (Å²) < 4.78 is 5.37. The minimum atomic E-state index is -0.550. The third kappa shape index (κ3) is 5.37. The van der Waals surface area contributed by atoms with Gasteiger partial charge in [0.25, 0.3) is 0 Å². The van der Waals surface area contributed by atoms with Crippen LogP contribution in [0, 0.1) is 22.5 Å². The number of nitro groups is 1. The van der Waals surface area contributed by atoms with Gasteiger partial charge >= 0.3 is 5.69 Å². The molecule has 0 heterocycles.